The number of nitrogens with zero attached hydrogens (tertiary/aromatic N) is 2. The van der Waals surface area contributed by atoms with Gasteiger partial charge in [-0.05, 0) is 25.7 Å². The van der Waals surface area contributed by atoms with Crippen LogP contribution in [-0.2, 0) is 9.59 Å². The summed E-state index contributed by atoms with van der Waals surface area (Å²) in [6.07, 6.45) is 7.88. The Morgan fingerprint density at radius 2 is 1.63 bits per heavy atom. The van der Waals surface area contributed by atoms with Crippen molar-refractivity contribution >= 4 is 11.9 Å². The summed E-state index contributed by atoms with van der Waals surface area (Å²) < 4.78 is 0. The van der Waals surface area contributed by atoms with Gasteiger partial charge in [-0.15, -0.1) is 0 Å². The Morgan fingerprint density at radius 3 is 2.16 bits per heavy atom. The predicted octanol–water partition coefficient (Wildman–Crippen LogP) is 1.33. The Bertz CT molecular complexity index is 336. The molecular weight excluding hydrogens is 244 g/mol. The normalized spacial score (nSPS) is 20.5. The van der Waals surface area contributed by atoms with Gasteiger partial charge in [0.15, 0.2) is 0 Å². The number of aliphatic carboxylic acids is 1. The number of hydrogen-bond donors (Lipinski definition) is 1. The molecular formula is C14H24N2O3. The van der Waals surface area contributed by atoms with E-state index in [1.807, 2.05) is 16.8 Å². The zero-order chi connectivity index (χ0) is 13.8. The second-order valence-electron chi connectivity index (χ2n) is 5.83. The largest absolute Gasteiger partial charge is 0.480 e. The number of rotatable bonds is 6. The minimum Gasteiger partial charge on any atom is -0.480 e. The third-order valence-electron chi connectivity index (χ3n) is 4.26. The molecule has 1 amide bonds. The first-order valence-corrected chi connectivity index (χ1v) is 7.29. The van der Waals surface area contributed by atoms with Crippen LogP contribution in [0.15, 0.2) is 0 Å². The molecule has 0 bridgehead atoms. The molecule has 5 heteroatoms. The number of carboxylic acid groups (broad SMARTS) is 1. The van der Waals surface area contributed by atoms with E-state index >= 15 is 0 Å². The molecule has 0 spiro atoms. The van der Waals surface area contributed by atoms with Gasteiger partial charge in [0.05, 0.1) is 13.1 Å². The Hall–Kier alpha value is -1.10. The van der Waals surface area contributed by atoms with Gasteiger partial charge in [0.1, 0.15) is 0 Å². The molecule has 19 heavy (non-hydrogen) atoms. The van der Waals surface area contributed by atoms with Crippen LogP contribution in [0.4, 0.5) is 0 Å². The van der Waals surface area contributed by atoms with Gasteiger partial charge in [-0.3, -0.25) is 14.5 Å². The Labute approximate surface area is 114 Å². The Balaban J connectivity index is 1.85. The van der Waals surface area contributed by atoms with Crippen molar-refractivity contribution in [2.45, 2.75) is 57.0 Å². The van der Waals surface area contributed by atoms with Gasteiger partial charge in [0, 0.05) is 19.1 Å². The van der Waals surface area contributed by atoms with E-state index < -0.39 is 5.97 Å². The lowest BCUT2D eigenvalue weighted by atomic mass is 9.94. The van der Waals surface area contributed by atoms with Crippen LogP contribution in [-0.4, -0.2) is 59.0 Å². The maximum absolute atomic E-state index is 12.3. The van der Waals surface area contributed by atoms with E-state index in [9.17, 15) is 9.59 Å². The average Bonchev–Trinajstić information content (AvgIpc) is 3.21. The third kappa shape index (κ3) is 4.20. The summed E-state index contributed by atoms with van der Waals surface area (Å²) in [6, 6.07) is 0.659. The van der Waals surface area contributed by atoms with Crippen LogP contribution in [0.25, 0.3) is 0 Å². The lowest BCUT2D eigenvalue weighted by Crippen LogP contribution is -2.45. The van der Waals surface area contributed by atoms with Crippen molar-refractivity contribution in [1.82, 2.24) is 9.80 Å². The second-order valence-corrected chi connectivity index (χ2v) is 5.83. The Morgan fingerprint density at radius 1 is 1.00 bits per heavy atom. The van der Waals surface area contributed by atoms with Crippen molar-refractivity contribution in [3.8, 4) is 0 Å². The van der Waals surface area contributed by atoms with E-state index in [0.717, 1.165) is 25.7 Å². The SMILES string of the molecule is CN(C(=O)CN(CC(=O)O)C1CC1)C1CCCCC1. The molecule has 2 saturated carbocycles. The van der Waals surface area contributed by atoms with E-state index in [0.29, 0.717) is 12.1 Å². The number of hydrogen-bond acceptors (Lipinski definition) is 3. The number of amides is 1. The quantitative estimate of drug-likeness (QED) is 0.789. The van der Waals surface area contributed by atoms with E-state index in [-0.39, 0.29) is 19.0 Å². The summed E-state index contributed by atoms with van der Waals surface area (Å²) in [5, 5.41) is 8.89. The van der Waals surface area contributed by atoms with Gasteiger partial charge < -0.3 is 10.0 Å². The van der Waals surface area contributed by atoms with Crippen LogP contribution < -0.4 is 0 Å². The first-order chi connectivity index (χ1) is 9.08. The molecule has 5 nitrogen and oxygen atoms in total. The highest BCUT2D eigenvalue weighted by Gasteiger charge is 2.33. The maximum atomic E-state index is 12.3. The standard InChI is InChI=1S/C14H24N2O3/c1-15(11-5-3-2-4-6-11)13(17)9-16(10-14(18)19)12-7-8-12/h11-12H,2-10H2,1H3,(H,18,19). The maximum Gasteiger partial charge on any atom is 0.317 e. The van der Waals surface area contributed by atoms with Gasteiger partial charge in [0.25, 0.3) is 0 Å². The highest BCUT2D eigenvalue weighted by molar-refractivity contribution is 5.79. The fourth-order valence-corrected chi connectivity index (χ4v) is 2.88. The van der Waals surface area contributed by atoms with Gasteiger partial charge in [0.2, 0.25) is 5.91 Å². The molecule has 108 valence electrons. The molecule has 0 aromatic heterocycles. The lowest BCUT2D eigenvalue weighted by molar-refractivity contribution is -0.140. The van der Waals surface area contributed by atoms with Gasteiger partial charge >= 0.3 is 5.97 Å². The molecule has 0 aromatic rings. The summed E-state index contributed by atoms with van der Waals surface area (Å²) in [6.45, 7) is 0.235. The molecule has 2 aliphatic carbocycles. The van der Waals surface area contributed by atoms with Gasteiger partial charge in [-0.25, -0.2) is 0 Å². The highest BCUT2D eigenvalue weighted by Crippen LogP contribution is 2.27. The minimum absolute atomic E-state index is 0.0189. The smallest absolute Gasteiger partial charge is 0.317 e. The fraction of sp³-hybridized carbons (Fsp3) is 0.857. The third-order valence-corrected chi connectivity index (χ3v) is 4.26. The molecule has 2 fully saturated rings. The van der Waals surface area contributed by atoms with Crippen LogP contribution in [0, 0.1) is 0 Å². The second kappa shape index (κ2) is 6.37. The van der Waals surface area contributed by atoms with Crippen molar-refractivity contribution in [1.29, 1.82) is 0 Å². The molecule has 0 heterocycles. The van der Waals surface area contributed by atoms with Gasteiger partial charge in [-0.1, -0.05) is 19.3 Å². The summed E-state index contributed by atoms with van der Waals surface area (Å²) in [5.41, 5.74) is 0. The summed E-state index contributed by atoms with van der Waals surface area (Å²) in [7, 11) is 1.87. The van der Waals surface area contributed by atoms with Crippen molar-refractivity contribution in [3.63, 3.8) is 0 Å². The summed E-state index contributed by atoms with van der Waals surface area (Å²) in [5.74, 6) is -0.778. The average molecular weight is 268 g/mol. The molecule has 0 atom stereocenters. The summed E-state index contributed by atoms with van der Waals surface area (Å²) in [4.78, 5) is 26.7. The number of carbonyl (C=O) groups is 2. The lowest BCUT2D eigenvalue weighted by Gasteiger charge is -2.32. The van der Waals surface area contributed by atoms with Gasteiger partial charge in [-0.2, -0.15) is 0 Å². The number of likely N-dealkylation sites (N-methyl/N-ethyl adjacent to an activating group) is 1. The zero-order valence-electron chi connectivity index (χ0n) is 11.7. The molecule has 1 N–H and O–H groups in total. The van der Waals surface area contributed by atoms with Crippen LogP contribution >= 0.6 is 0 Å². The molecule has 2 rings (SSSR count). The Kier molecular flexibility index (Phi) is 4.80. The van der Waals surface area contributed by atoms with E-state index in [2.05, 4.69) is 0 Å². The van der Waals surface area contributed by atoms with Crippen LogP contribution in [0.5, 0.6) is 0 Å². The van der Waals surface area contributed by atoms with E-state index in [1.165, 1.54) is 19.3 Å². The predicted molar refractivity (Wildman–Crippen MR) is 71.9 cm³/mol. The molecule has 0 saturated heterocycles. The van der Waals surface area contributed by atoms with Crippen molar-refractivity contribution in [3.05, 3.63) is 0 Å². The van der Waals surface area contributed by atoms with Crippen LogP contribution in [0.1, 0.15) is 44.9 Å². The molecule has 2 aliphatic rings. The molecule has 0 aromatic carbocycles. The zero-order valence-corrected chi connectivity index (χ0v) is 11.7. The topological polar surface area (TPSA) is 60.9 Å². The monoisotopic (exact) mass is 268 g/mol. The van der Waals surface area contributed by atoms with Crippen molar-refractivity contribution in [2.24, 2.45) is 0 Å². The van der Waals surface area contributed by atoms with Crippen LogP contribution in [0.2, 0.25) is 0 Å². The fourth-order valence-electron chi connectivity index (χ4n) is 2.88. The number of carboxylic acids is 1. The summed E-state index contributed by atoms with van der Waals surface area (Å²) >= 11 is 0. The number of carbonyl (C=O) groups excluding carboxylic acids is 1. The highest BCUT2D eigenvalue weighted by atomic mass is 16.4. The van der Waals surface area contributed by atoms with Crippen LogP contribution in [0.3, 0.4) is 0 Å². The van der Waals surface area contributed by atoms with E-state index in [4.69, 9.17) is 5.11 Å². The molecule has 0 aliphatic heterocycles. The minimum atomic E-state index is -0.847. The molecule has 0 unspecified atom stereocenters. The van der Waals surface area contributed by atoms with Crippen molar-refractivity contribution in [2.75, 3.05) is 20.1 Å². The first-order valence-electron chi connectivity index (χ1n) is 7.29. The first kappa shape index (κ1) is 14.3. The molecule has 0 radical (unpaired) electrons. The van der Waals surface area contributed by atoms with Crippen molar-refractivity contribution < 1.29 is 14.7 Å². The van der Waals surface area contributed by atoms with E-state index in [1.54, 1.807) is 0 Å².